The third kappa shape index (κ3) is 6.86. The summed E-state index contributed by atoms with van der Waals surface area (Å²) in [6.45, 7) is 5.19. The van der Waals surface area contributed by atoms with Crippen molar-refractivity contribution in [2.24, 2.45) is 0 Å². The standard InChI is InChI=1S/C15H25NO4/c1-3-19-11-14(17)12-20-15-7-5-4-6-13(15)10-16-8-9-18-2/h4-7,14,16-17H,3,8-12H2,1-2H3. The molecule has 0 aliphatic carbocycles. The highest BCUT2D eigenvalue weighted by molar-refractivity contribution is 5.33. The summed E-state index contributed by atoms with van der Waals surface area (Å²) in [4.78, 5) is 0. The van der Waals surface area contributed by atoms with Crippen LogP contribution >= 0.6 is 0 Å². The molecule has 0 aliphatic rings. The van der Waals surface area contributed by atoms with Gasteiger partial charge in [0.25, 0.3) is 0 Å². The molecule has 1 unspecified atom stereocenters. The van der Waals surface area contributed by atoms with E-state index in [1.807, 2.05) is 31.2 Å². The van der Waals surface area contributed by atoms with Gasteiger partial charge < -0.3 is 24.6 Å². The van der Waals surface area contributed by atoms with Crippen LogP contribution in [0.2, 0.25) is 0 Å². The third-order valence-electron chi connectivity index (χ3n) is 2.72. The summed E-state index contributed by atoms with van der Waals surface area (Å²) in [6, 6.07) is 7.80. The van der Waals surface area contributed by atoms with Crippen molar-refractivity contribution < 1.29 is 19.3 Å². The minimum absolute atomic E-state index is 0.231. The summed E-state index contributed by atoms with van der Waals surface area (Å²) in [5, 5.41) is 13.0. The van der Waals surface area contributed by atoms with Crippen molar-refractivity contribution in [2.75, 3.05) is 40.1 Å². The first-order chi connectivity index (χ1) is 9.77. The fraction of sp³-hybridized carbons (Fsp3) is 0.600. The van der Waals surface area contributed by atoms with E-state index >= 15 is 0 Å². The maximum Gasteiger partial charge on any atom is 0.123 e. The number of methoxy groups -OCH3 is 1. The van der Waals surface area contributed by atoms with Gasteiger partial charge in [0, 0.05) is 32.4 Å². The molecule has 0 aromatic heterocycles. The largest absolute Gasteiger partial charge is 0.490 e. The van der Waals surface area contributed by atoms with Gasteiger partial charge >= 0.3 is 0 Å². The maximum absolute atomic E-state index is 9.70. The van der Waals surface area contributed by atoms with Crippen LogP contribution in [0, 0.1) is 0 Å². The molecule has 1 rings (SSSR count). The first kappa shape index (κ1) is 16.9. The summed E-state index contributed by atoms with van der Waals surface area (Å²) in [5.74, 6) is 0.785. The van der Waals surface area contributed by atoms with Gasteiger partial charge in [-0.25, -0.2) is 0 Å². The molecule has 0 amide bonds. The quantitative estimate of drug-likeness (QED) is 0.598. The van der Waals surface area contributed by atoms with Crippen molar-refractivity contribution in [3.63, 3.8) is 0 Å². The third-order valence-corrected chi connectivity index (χ3v) is 2.72. The minimum Gasteiger partial charge on any atom is -0.490 e. The molecule has 1 aromatic rings. The highest BCUT2D eigenvalue weighted by Gasteiger charge is 2.07. The molecule has 0 heterocycles. The minimum atomic E-state index is -0.607. The lowest BCUT2D eigenvalue weighted by atomic mass is 10.2. The summed E-state index contributed by atoms with van der Waals surface area (Å²) >= 11 is 0. The van der Waals surface area contributed by atoms with Crippen LogP contribution in [0.1, 0.15) is 12.5 Å². The van der Waals surface area contributed by atoms with Gasteiger partial charge in [-0.1, -0.05) is 18.2 Å². The predicted molar refractivity (Wildman–Crippen MR) is 78.0 cm³/mol. The van der Waals surface area contributed by atoms with Crippen molar-refractivity contribution in [1.82, 2.24) is 5.32 Å². The van der Waals surface area contributed by atoms with E-state index in [4.69, 9.17) is 14.2 Å². The number of hydrogen-bond donors (Lipinski definition) is 2. The molecule has 0 bridgehead atoms. The maximum atomic E-state index is 9.70. The number of aliphatic hydroxyl groups is 1. The van der Waals surface area contributed by atoms with Crippen LogP contribution in [0.4, 0.5) is 0 Å². The first-order valence-corrected chi connectivity index (χ1v) is 6.94. The molecule has 5 nitrogen and oxygen atoms in total. The van der Waals surface area contributed by atoms with E-state index in [2.05, 4.69) is 5.32 Å². The monoisotopic (exact) mass is 283 g/mol. The molecule has 0 fully saturated rings. The molecule has 1 atom stereocenters. The van der Waals surface area contributed by atoms with Crippen LogP contribution in [0.5, 0.6) is 5.75 Å². The predicted octanol–water partition coefficient (Wildman–Crippen LogP) is 1.20. The Balaban J connectivity index is 2.40. The molecule has 0 radical (unpaired) electrons. The molecule has 0 saturated heterocycles. The number of ether oxygens (including phenoxy) is 3. The van der Waals surface area contributed by atoms with Crippen LogP contribution < -0.4 is 10.1 Å². The lowest BCUT2D eigenvalue weighted by Gasteiger charge is -2.15. The smallest absolute Gasteiger partial charge is 0.123 e. The van der Waals surface area contributed by atoms with E-state index in [-0.39, 0.29) is 6.61 Å². The van der Waals surface area contributed by atoms with Gasteiger partial charge in [0.2, 0.25) is 0 Å². The van der Waals surface area contributed by atoms with Gasteiger partial charge in [0.15, 0.2) is 0 Å². The Kier molecular flexibility index (Phi) is 8.98. The number of benzene rings is 1. The molecule has 0 aliphatic heterocycles. The summed E-state index contributed by atoms with van der Waals surface area (Å²) in [6.07, 6.45) is -0.607. The zero-order chi connectivity index (χ0) is 14.6. The highest BCUT2D eigenvalue weighted by atomic mass is 16.5. The van der Waals surface area contributed by atoms with Crippen LogP contribution in [0.15, 0.2) is 24.3 Å². The lowest BCUT2D eigenvalue weighted by molar-refractivity contribution is 0.0162. The Bertz CT molecular complexity index is 359. The lowest BCUT2D eigenvalue weighted by Crippen LogP contribution is -2.24. The Morgan fingerprint density at radius 1 is 1.25 bits per heavy atom. The number of aliphatic hydroxyl groups excluding tert-OH is 1. The zero-order valence-electron chi connectivity index (χ0n) is 12.3. The van der Waals surface area contributed by atoms with E-state index in [0.717, 1.165) is 17.9 Å². The van der Waals surface area contributed by atoms with Crippen LogP contribution in [-0.2, 0) is 16.0 Å². The molecule has 114 valence electrons. The van der Waals surface area contributed by atoms with Crippen molar-refractivity contribution in [3.8, 4) is 5.75 Å². The molecule has 20 heavy (non-hydrogen) atoms. The van der Waals surface area contributed by atoms with E-state index in [9.17, 15) is 5.11 Å². The second-order valence-electron chi connectivity index (χ2n) is 4.40. The van der Waals surface area contributed by atoms with Gasteiger partial charge in [-0.15, -0.1) is 0 Å². The Morgan fingerprint density at radius 3 is 2.80 bits per heavy atom. The molecular weight excluding hydrogens is 258 g/mol. The Labute approximate surface area is 120 Å². The van der Waals surface area contributed by atoms with Crippen molar-refractivity contribution in [3.05, 3.63) is 29.8 Å². The van der Waals surface area contributed by atoms with Gasteiger partial charge in [-0.2, -0.15) is 0 Å². The molecule has 0 spiro atoms. The van der Waals surface area contributed by atoms with E-state index in [0.29, 0.717) is 26.4 Å². The summed E-state index contributed by atoms with van der Waals surface area (Å²) < 4.78 is 15.8. The average Bonchev–Trinajstić information content (AvgIpc) is 2.48. The van der Waals surface area contributed by atoms with Crippen molar-refractivity contribution in [2.45, 2.75) is 19.6 Å². The molecule has 5 heteroatoms. The molecule has 2 N–H and O–H groups in total. The second kappa shape index (κ2) is 10.6. The fourth-order valence-corrected chi connectivity index (χ4v) is 1.68. The van der Waals surface area contributed by atoms with Gasteiger partial charge in [-0.05, 0) is 13.0 Å². The number of para-hydroxylation sites is 1. The Morgan fingerprint density at radius 2 is 2.05 bits per heavy atom. The van der Waals surface area contributed by atoms with Crippen molar-refractivity contribution in [1.29, 1.82) is 0 Å². The van der Waals surface area contributed by atoms with E-state index < -0.39 is 6.10 Å². The zero-order valence-corrected chi connectivity index (χ0v) is 12.3. The van der Waals surface area contributed by atoms with Crippen LogP contribution in [0.3, 0.4) is 0 Å². The summed E-state index contributed by atoms with van der Waals surface area (Å²) in [5.41, 5.74) is 1.06. The highest BCUT2D eigenvalue weighted by Crippen LogP contribution is 2.17. The SMILES string of the molecule is CCOCC(O)COc1ccccc1CNCCOC. The molecule has 0 saturated carbocycles. The summed E-state index contributed by atoms with van der Waals surface area (Å²) in [7, 11) is 1.68. The van der Waals surface area contributed by atoms with Crippen molar-refractivity contribution >= 4 is 0 Å². The number of hydrogen-bond acceptors (Lipinski definition) is 5. The average molecular weight is 283 g/mol. The van der Waals surface area contributed by atoms with Gasteiger partial charge in [-0.3, -0.25) is 0 Å². The van der Waals surface area contributed by atoms with Gasteiger partial charge in [0.1, 0.15) is 18.5 Å². The van der Waals surface area contributed by atoms with Gasteiger partial charge in [0.05, 0.1) is 13.2 Å². The molecule has 1 aromatic carbocycles. The normalized spacial score (nSPS) is 12.3. The van der Waals surface area contributed by atoms with Crippen LogP contribution in [0.25, 0.3) is 0 Å². The fourth-order valence-electron chi connectivity index (χ4n) is 1.68. The first-order valence-electron chi connectivity index (χ1n) is 6.94. The number of rotatable bonds is 11. The second-order valence-corrected chi connectivity index (χ2v) is 4.40. The number of nitrogens with one attached hydrogen (secondary N) is 1. The van der Waals surface area contributed by atoms with E-state index in [1.54, 1.807) is 7.11 Å². The Hall–Kier alpha value is -1.14. The van der Waals surface area contributed by atoms with Crippen LogP contribution in [-0.4, -0.2) is 51.3 Å². The molecular formula is C15H25NO4. The van der Waals surface area contributed by atoms with E-state index in [1.165, 1.54) is 0 Å². The topological polar surface area (TPSA) is 60.0 Å².